The maximum absolute atomic E-state index is 6.08. The van der Waals surface area contributed by atoms with Crippen molar-refractivity contribution in [2.75, 3.05) is 6.61 Å². The van der Waals surface area contributed by atoms with Gasteiger partial charge < -0.3 is 15.8 Å². The number of nitrogens with one attached hydrogen (secondary N) is 1. The summed E-state index contributed by atoms with van der Waals surface area (Å²) in [6.07, 6.45) is 4.32. The lowest BCUT2D eigenvalue weighted by molar-refractivity contribution is 0.262. The molecule has 4 rings (SSSR count). The van der Waals surface area contributed by atoms with Crippen LogP contribution in [0.25, 0.3) is 5.65 Å². The van der Waals surface area contributed by atoms with Gasteiger partial charge in [-0.1, -0.05) is 18.2 Å². The monoisotopic (exact) mass is 322 g/mol. The Morgan fingerprint density at radius 3 is 3.17 bits per heavy atom. The third kappa shape index (κ3) is 2.76. The van der Waals surface area contributed by atoms with Crippen molar-refractivity contribution in [3.8, 4) is 5.75 Å². The Hall–Kier alpha value is -3.09. The van der Waals surface area contributed by atoms with E-state index in [4.69, 9.17) is 10.5 Å². The average molecular weight is 322 g/mol. The smallest absolute Gasteiger partial charge is 0.189 e. The van der Waals surface area contributed by atoms with E-state index < -0.39 is 0 Å². The molecule has 24 heavy (non-hydrogen) atoms. The van der Waals surface area contributed by atoms with Gasteiger partial charge in [0, 0.05) is 24.2 Å². The van der Waals surface area contributed by atoms with Crippen molar-refractivity contribution < 1.29 is 4.74 Å². The van der Waals surface area contributed by atoms with Crippen molar-refractivity contribution in [1.29, 1.82) is 0 Å². The number of benzene rings is 1. The number of guanidine groups is 1. The van der Waals surface area contributed by atoms with Crippen LogP contribution in [0.15, 0.2) is 53.8 Å². The molecule has 122 valence electrons. The van der Waals surface area contributed by atoms with Crippen LogP contribution < -0.4 is 15.8 Å². The van der Waals surface area contributed by atoms with Crippen LogP contribution in [0, 0.1) is 0 Å². The number of hydrogen-bond donors (Lipinski definition) is 2. The maximum Gasteiger partial charge on any atom is 0.189 e. The minimum atomic E-state index is 0.112. The fourth-order valence-corrected chi connectivity index (χ4v) is 2.89. The predicted molar refractivity (Wildman–Crippen MR) is 90.7 cm³/mol. The molecule has 7 nitrogen and oxygen atoms in total. The molecule has 0 amide bonds. The minimum absolute atomic E-state index is 0.112. The van der Waals surface area contributed by atoms with E-state index in [9.17, 15) is 0 Å². The Kier molecular flexibility index (Phi) is 3.74. The molecule has 0 saturated carbocycles. The predicted octanol–water partition coefficient (Wildman–Crippen LogP) is 1.66. The molecule has 1 aliphatic heterocycles. The topological polar surface area (TPSA) is 89.8 Å². The lowest BCUT2D eigenvalue weighted by Gasteiger charge is -2.26. The van der Waals surface area contributed by atoms with E-state index in [2.05, 4.69) is 26.5 Å². The quantitative estimate of drug-likeness (QED) is 0.565. The first-order valence-electron chi connectivity index (χ1n) is 7.87. The molecule has 2 aromatic heterocycles. The number of fused-ring (bicyclic) bond motifs is 2. The van der Waals surface area contributed by atoms with Crippen molar-refractivity contribution in [1.82, 2.24) is 19.9 Å². The van der Waals surface area contributed by atoms with Crippen molar-refractivity contribution >= 4 is 11.6 Å². The normalized spacial score (nSPS) is 17.3. The molecule has 1 aliphatic rings. The van der Waals surface area contributed by atoms with E-state index in [1.54, 1.807) is 16.9 Å². The molecule has 3 aromatic rings. The largest absolute Gasteiger partial charge is 0.493 e. The van der Waals surface area contributed by atoms with Crippen LogP contribution in [0.3, 0.4) is 0 Å². The second kappa shape index (κ2) is 6.19. The van der Waals surface area contributed by atoms with Gasteiger partial charge in [0.15, 0.2) is 11.6 Å². The summed E-state index contributed by atoms with van der Waals surface area (Å²) in [5, 5.41) is 7.54. The molecule has 0 saturated heterocycles. The average Bonchev–Trinajstić information content (AvgIpc) is 3.09. The second-order valence-corrected chi connectivity index (χ2v) is 5.61. The molecule has 3 N–H and O–H groups in total. The molecule has 1 atom stereocenters. The van der Waals surface area contributed by atoms with E-state index in [0.29, 0.717) is 19.1 Å². The lowest BCUT2D eigenvalue weighted by Crippen LogP contribution is -2.37. The van der Waals surface area contributed by atoms with Gasteiger partial charge in [-0.3, -0.25) is 0 Å². The Morgan fingerprint density at radius 1 is 1.29 bits per heavy atom. The number of para-hydroxylation sites is 1. The van der Waals surface area contributed by atoms with Gasteiger partial charge in [-0.2, -0.15) is 5.10 Å². The first-order valence-corrected chi connectivity index (χ1v) is 7.87. The first-order chi connectivity index (χ1) is 11.8. The van der Waals surface area contributed by atoms with Gasteiger partial charge in [0.1, 0.15) is 5.75 Å². The van der Waals surface area contributed by atoms with E-state index >= 15 is 0 Å². The van der Waals surface area contributed by atoms with Crippen LogP contribution in [0.1, 0.15) is 23.7 Å². The molecule has 1 aromatic carbocycles. The molecule has 0 spiro atoms. The van der Waals surface area contributed by atoms with Crippen molar-refractivity contribution in [3.63, 3.8) is 0 Å². The van der Waals surface area contributed by atoms with Crippen molar-refractivity contribution in [2.24, 2.45) is 10.7 Å². The lowest BCUT2D eigenvalue weighted by atomic mass is 10.0. The number of hydrogen-bond acceptors (Lipinski definition) is 4. The van der Waals surface area contributed by atoms with E-state index in [1.807, 2.05) is 30.3 Å². The molecular formula is C17H18N6O. The highest BCUT2D eigenvalue weighted by atomic mass is 16.5. The molecular weight excluding hydrogens is 304 g/mol. The number of aliphatic imine (C=N–C) groups is 1. The first kappa shape index (κ1) is 14.5. The molecule has 1 unspecified atom stereocenters. The van der Waals surface area contributed by atoms with Crippen molar-refractivity contribution in [3.05, 3.63) is 60.0 Å². The van der Waals surface area contributed by atoms with E-state index in [1.165, 1.54) is 0 Å². The summed E-state index contributed by atoms with van der Waals surface area (Å²) in [4.78, 5) is 8.68. The van der Waals surface area contributed by atoms with Crippen LogP contribution in [0.4, 0.5) is 0 Å². The Labute approximate surface area is 139 Å². The number of nitrogens with two attached hydrogens (primary N) is 1. The highest BCUT2D eigenvalue weighted by Gasteiger charge is 2.21. The minimum Gasteiger partial charge on any atom is -0.493 e. The van der Waals surface area contributed by atoms with E-state index in [0.717, 1.165) is 29.1 Å². The summed E-state index contributed by atoms with van der Waals surface area (Å²) in [5.41, 5.74) is 8.92. The third-order valence-electron chi connectivity index (χ3n) is 4.06. The highest BCUT2D eigenvalue weighted by Crippen LogP contribution is 2.31. The van der Waals surface area contributed by atoms with E-state index in [-0.39, 0.29) is 6.04 Å². The second-order valence-electron chi connectivity index (χ2n) is 5.61. The SMILES string of the molecule is NC(=NCc1ccnc2ccnn12)NC1CCOc2ccccc21. The zero-order valence-corrected chi connectivity index (χ0v) is 13.1. The summed E-state index contributed by atoms with van der Waals surface area (Å²) in [5.74, 6) is 1.32. The standard InChI is InChI=1S/C17H18N6O/c18-17(20-11-12-5-8-19-16-6-9-21-23(12)16)22-14-7-10-24-15-4-2-1-3-13(14)15/h1-6,8-9,14H,7,10-11H2,(H3,18,20,22). The van der Waals surface area contributed by atoms with Crippen LogP contribution in [0.5, 0.6) is 5.75 Å². The molecule has 7 heteroatoms. The molecule has 0 radical (unpaired) electrons. The van der Waals surface area contributed by atoms with Gasteiger partial charge >= 0.3 is 0 Å². The summed E-state index contributed by atoms with van der Waals surface area (Å²) in [6, 6.07) is 11.9. The van der Waals surface area contributed by atoms with Gasteiger partial charge in [-0.25, -0.2) is 14.5 Å². The summed E-state index contributed by atoms with van der Waals surface area (Å²) >= 11 is 0. The van der Waals surface area contributed by atoms with Gasteiger partial charge in [0.25, 0.3) is 0 Å². The van der Waals surface area contributed by atoms with Gasteiger partial charge in [0.2, 0.25) is 0 Å². The summed E-state index contributed by atoms with van der Waals surface area (Å²) in [6.45, 7) is 1.10. The Balaban J connectivity index is 1.50. The molecule has 3 heterocycles. The Morgan fingerprint density at radius 2 is 2.21 bits per heavy atom. The van der Waals surface area contributed by atoms with Gasteiger partial charge in [0.05, 0.1) is 31.1 Å². The van der Waals surface area contributed by atoms with Crippen LogP contribution >= 0.6 is 0 Å². The number of nitrogens with zero attached hydrogens (tertiary/aromatic N) is 4. The highest BCUT2D eigenvalue weighted by molar-refractivity contribution is 5.78. The zero-order chi connectivity index (χ0) is 16.4. The van der Waals surface area contributed by atoms with Crippen molar-refractivity contribution in [2.45, 2.75) is 19.0 Å². The summed E-state index contributed by atoms with van der Waals surface area (Å²) < 4.78 is 7.43. The fraction of sp³-hybridized carbons (Fsp3) is 0.235. The zero-order valence-electron chi connectivity index (χ0n) is 13.1. The third-order valence-corrected chi connectivity index (χ3v) is 4.06. The van der Waals surface area contributed by atoms with Gasteiger partial charge in [-0.15, -0.1) is 0 Å². The molecule has 0 bridgehead atoms. The van der Waals surface area contributed by atoms with Crippen LogP contribution in [0.2, 0.25) is 0 Å². The number of ether oxygens (including phenoxy) is 1. The Bertz CT molecular complexity index is 887. The number of rotatable bonds is 3. The summed E-state index contributed by atoms with van der Waals surface area (Å²) in [7, 11) is 0. The van der Waals surface area contributed by atoms with Crippen LogP contribution in [-0.2, 0) is 6.54 Å². The number of aromatic nitrogens is 3. The molecule has 0 aliphatic carbocycles. The fourth-order valence-electron chi connectivity index (χ4n) is 2.89. The van der Waals surface area contributed by atoms with Gasteiger partial charge in [-0.05, 0) is 12.1 Å². The maximum atomic E-state index is 6.08. The van der Waals surface area contributed by atoms with Crippen LogP contribution in [-0.4, -0.2) is 27.2 Å². The molecule has 0 fully saturated rings.